The second kappa shape index (κ2) is 6.23. The van der Waals surface area contributed by atoms with Gasteiger partial charge in [0.05, 0.1) is 24.4 Å². The summed E-state index contributed by atoms with van der Waals surface area (Å²) in [7, 11) is 3.23. The number of hydrogen-bond donors (Lipinski definition) is 2. The SMILES string of the molecule is COc1ccc(Br)c(C(=O)Nc2c(C(N)=S)cnn2C)c1. The van der Waals surface area contributed by atoms with Crippen LogP contribution in [0, 0.1) is 0 Å². The Bertz CT molecular complexity index is 714. The normalized spacial score (nSPS) is 10.2. The summed E-state index contributed by atoms with van der Waals surface area (Å²) in [4.78, 5) is 12.6. The molecule has 1 aromatic carbocycles. The lowest BCUT2D eigenvalue weighted by atomic mass is 10.2. The van der Waals surface area contributed by atoms with Crippen LogP contribution < -0.4 is 15.8 Å². The number of ether oxygens (including phenoxy) is 1. The molecule has 0 unspecified atom stereocenters. The highest BCUT2D eigenvalue weighted by Gasteiger charge is 2.17. The molecule has 110 valence electrons. The topological polar surface area (TPSA) is 82.2 Å². The van der Waals surface area contributed by atoms with Crippen LogP contribution in [0.25, 0.3) is 0 Å². The average molecular weight is 369 g/mol. The molecule has 0 atom stereocenters. The zero-order valence-electron chi connectivity index (χ0n) is 11.4. The molecular formula is C13H13BrN4O2S. The summed E-state index contributed by atoms with van der Waals surface area (Å²) in [5.41, 5.74) is 6.56. The number of nitrogens with zero attached hydrogens (tertiary/aromatic N) is 2. The first-order chi connectivity index (χ1) is 9.93. The molecule has 3 N–H and O–H groups in total. The van der Waals surface area contributed by atoms with Crippen LogP contribution in [0.5, 0.6) is 5.75 Å². The number of aryl methyl sites for hydroxylation is 1. The van der Waals surface area contributed by atoms with Crippen LogP contribution in [-0.4, -0.2) is 27.8 Å². The largest absolute Gasteiger partial charge is 0.497 e. The molecule has 21 heavy (non-hydrogen) atoms. The second-order valence-electron chi connectivity index (χ2n) is 4.19. The smallest absolute Gasteiger partial charge is 0.258 e. The molecule has 0 bridgehead atoms. The molecule has 1 heterocycles. The van der Waals surface area contributed by atoms with E-state index in [1.807, 2.05) is 0 Å². The molecular weight excluding hydrogens is 356 g/mol. The summed E-state index contributed by atoms with van der Waals surface area (Å²) in [6.07, 6.45) is 1.51. The Morgan fingerprint density at radius 2 is 2.19 bits per heavy atom. The van der Waals surface area contributed by atoms with E-state index in [4.69, 9.17) is 22.7 Å². The van der Waals surface area contributed by atoms with Crippen LogP contribution in [-0.2, 0) is 7.05 Å². The number of carbonyl (C=O) groups is 1. The lowest BCUT2D eigenvalue weighted by Crippen LogP contribution is -2.19. The van der Waals surface area contributed by atoms with Crippen molar-refractivity contribution >= 4 is 44.9 Å². The number of benzene rings is 1. The van der Waals surface area contributed by atoms with Gasteiger partial charge in [-0.05, 0) is 34.1 Å². The van der Waals surface area contributed by atoms with Gasteiger partial charge in [-0.1, -0.05) is 12.2 Å². The molecule has 0 spiro atoms. The van der Waals surface area contributed by atoms with Crippen LogP contribution in [0.2, 0.25) is 0 Å². The fourth-order valence-electron chi connectivity index (χ4n) is 1.75. The molecule has 0 saturated carbocycles. The van der Waals surface area contributed by atoms with E-state index in [-0.39, 0.29) is 10.9 Å². The first kappa shape index (κ1) is 15.5. The number of carbonyl (C=O) groups excluding carboxylic acids is 1. The van der Waals surface area contributed by atoms with Gasteiger partial charge in [-0.3, -0.25) is 9.48 Å². The van der Waals surface area contributed by atoms with Gasteiger partial charge in [0, 0.05) is 11.5 Å². The maximum Gasteiger partial charge on any atom is 0.258 e. The maximum atomic E-state index is 12.4. The highest BCUT2D eigenvalue weighted by atomic mass is 79.9. The van der Waals surface area contributed by atoms with Gasteiger partial charge < -0.3 is 15.8 Å². The Balaban J connectivity index is 2.35. The molecule has 0 aliphatic rings. The van der Waals surface area contributed by atoms with Gasteiger partial charge in [0.25, 0.3) is 5.91 Å². The molecule has 1 amide bonds. The van der Waals surface area contributed by atoms with Crippen molar-refractivity contribution in [2.75, 3.05) is 12.4 Å². The predicted molar refractivity (Wildman–Crippen MR) is 87.7 cm³/mol. The zero-order chi connectivity index (χ0) is 15.6. The Morgan fingerprint density at radius 1 is 1.48 bits per heavy atom. The Morgan fingerprint density at radius 3 is 2.81 bits per heavy atom. The summed E-state index contributed by atoms with van der Waals surface area (Å²) >= 11 is 8.28. The monoisotopic (exact) mass is 368 g/mol. The minimum Gasteiger partial charge on any atom is -0.497 e. The van der Waals surface area contributed by atoms with Crippen molar-refractivity contribution in [2.24, 2.45) is 12.8 Å². The van der Waals surface area contributed by atoms with Crippen LogP contribution in [0.1, 0.15) is 15.9 Å². The van der Waals surface area contributed by atoms with Crippen molar-refractivity contribution in [3.8, 4) is 5.75 Å². The minimum absolute atomic E-state index is 0.170. The van der Waals surface area contributed by atoms with E-state index in [2.05, 4.69) is 26.3 Å². The number of hydrogen-bond acceptors (Lipinski definition) is 4. The molecule has 0 radical (unpaired) electrons. The molecule has 2 aromatic rings. The second-order valence-corrected chi connectivity index (χ2v) is 5.49. The molecule has 0 fully saturated rings. The quantitative estimate of drug-likeness (QED) is 0.807. The lowest BCUT2D eigenvalue weighted by molar-refractivity contribution is 0.102. The molecule has 0 aliphatic carbocycles. The van der Waals surface area contributed by atoms with E-state index in [0.717, 1.165) is 0 Å². The van der Waals surface area contributed by atoms with E-state index in [1.54, 1.807) is 25.2 Å². The number of rotatable bonds is 4. The summed E-state index contributed by atoms with van der Waals surface area (Å²) in [5.74, 6) is 0.715. The maximum absolute atomic E-state index is 12.4. The Hall–Kier alpha value is -1.93. The van der Waals surface area contributed by atoms with Crippen molar-refractivity contribution in [1.82, 2.24) is 9.78 Å². The number of aromatic nitrogens is 2. The number of thiocarbonyl (C=S) groups is 1. The van der Waals surface area contributed by atoms with Crippen molar-refractivity contribution in [3.05, 3.63) is 40.0 Å². The molecule has 1 aromatic heterocycles. The summed E-state index contributed by atoms with van der Waals surface area (Å²) < 4.78 is 7.27. The van der Waals surface area contributed by atoms with Gasteiger partial charge in [0.2, 0.25) is 0 Å². The summed E-state index contributed by atoms with van der Waals surface area (Å²) in [6.45, 7) is 0. The predicted octanol–water partition coefficient (Wildman–Crippen LogP) is 2.08. The molecule has 6 nitrogen and oxygen atoms in total. The van der Waals surface area contributed by atoms with Gasteiger partial charge in [0.1, 0.15) is 16.6 Å². The summed E-state index contributed by atoms with van der Waals surface area (Å²) in [6, 6.07) is 5.13. The standard InChI is InChI=1S/C13H13BrN4O2S/c1-18-12(9(6-16-18)11(15)21)17-13(19)8-5-7(20-2)3-4-10(8)14/h3-6H,1-2H3,(H2,15,21)(H,17,19). The van der Waals surface area contributed by atoms with E-state index in [0.29, 0.717) is 27.2 Å². The average Bonchev–Trinajstić information content (AvgIpc) is 2.81. The van der Waals surface area contributed by atoms with E-state index < -0.39 is 0 Å². The molecule has 0 aliphatic heterocycles. The van der Waals surface area contributed by atoms with E-state index in [1.165, 1.54) is 18.0 Å². The van der Waals surface area contributed by atoms with Crippen molar-refractivity contribution in [2.45, 2.75) is 0 Å². The fourth-order valence-corrected chi connectivity index (χ4v) is 2.32. The van der Waals surface area contributed by atoms with Gasteiger partial charge in [0.15, 0.2) is 0 Å². The third kappa shape index (κ3) is 3.22. The first-order valence-electron chi connectivity index (χ1n) is 5.90. The van der Waals surface area contributed by atoms with Crippen LogP contribution in [0.3, 0.4) is 0 Å². The minimum atomic E-state index is -0.318. The van der Waals surface area contributed by atoms with Crippen molar-refractivity contribution in [1.29, 1.82) is 0 Å². The Labute approximate surface area is 135 Å². The fraction of sp³-hybridized carbons (Fsp3) is 0.154. The zero-order valence-corrected chi connectivity index (χ0v) is 13.8. The number of anilines is 1. The first-order valence-corrected chi connectivity index (χ1v) is 7.11. The van der Waals surface area contributed by atoms with Gasteiger partial charge in [-0.15, -0.1) is 0 Å². The summed E-state index contributed by atoms with van der Waals surface area (Å²) in [5, 5.41) is 6.80. The number of nitrogens with one attached hydrogen (secondary N) is 1. The number of amides is 1. The number of methoxy groups -OCH3 is 1. The van der Waals surface area contributed by atoms with Gasteiger partial charge >= 0.3 is 0 Å². The van der Waals surface area contributed by atoms with Crippen molar-refractivity contribution < 1.29 is 9.53 Å². The van der Waals surface area contributed by atoms with Crippen LogP contribution in [0.15, 0.2) is 28.9 Å². The van der Waals surface area contributed by atoms with Crippen molar-refractivity contribution in [3.63, 3.8) is 0 Å². The van der Waals surface area contributed by atoms with Crippen LogP contribution in [0.4, 0.5) is 5.82 Å². The molecule has 0 saturated heterocycles. The highest BCUT2D eigenvalue weighted by molar-refractivity contribution is 9.10. The van der Waals surface area contributed by atoms with Gasteiger partial charge in [-0.25, -0.2) is 0 Å². The molecule has 2 rings (SSSR count). The third-order valence-electron chi connectivity index (χ3n) is 2.85. The van der Waals surface area contributed by atoms with E-state index >= 15 is 0 Å². The van der Waals surface area contributed by atoms with Gasteiger partial charge in [-0.2, -0.15) is 5.10 Å². The molecule has 8 heteroatoms. The number of halogens is 1. The van der Waals surface area contributed by atoms with E-state index in [9.17, 15) is 4.79 Å². The number of nitrogens with two attached hydrogens (primary N) is 1. The Kier molecular flexibility index (Phi) is 4.59. The van der Waals surface area contributed by atoms with Crippen LogP contribution >= 0.6 is 28.1 Å². The highest BCUT2D eigenvalue weighted by Crippen LogP contribution is 2.24. The lowest BCUT2D eigenvalue weighted by Gasteiger charge is -2.10. The third-order valence-corrected chi connectivity index (χ3v) is 3.77.